The van der Waals surface area contributed by atoms with Crippen LogP contribution in [0.1, 0.15) is 20.9 Å². The number of carbonyl (C=O) groups is 1. The van der Waals surface area contributed by atoms with E-state index in [2.05, 4.69) is 15.0 Å². The number of thiophene rings is 1. The minimum absolute atomic E-state index is 0.0485. The number of nitrogen functional groups attached to an aromatic ring is 2. The Kier molecular flexibility index (Phi) is 7.53. The lowest BCUT2D eigenvalue weighted by Gasteiger charge is -2.16. The number of nitrogens with one attached hydrogen (secondary N) is 1. The molecule has 0 spiro atoms. The first kappa shape index (κ1) is 29.7. The normalized spacial score (nSPS) is 11.3. The molecular formula is C27H20F3N6O7S+. The van der Waals surface area contributed by atoms with E-state index in [1.54, 1.807) is 12.1 Å². The summed E-state index contributed by atoms with van der Waals surface area (Å²) in [7, 11) is 4.24. The first-order valence-electron chi connectivity index (χ1n) is 12.2. The summed E-state index contributed by atoms with van der Waals surface area (Å²) in [6.07, 6.45) is -4.91. The number of aromatic nitrogens is 3. The molecule has 17 heteroatoms. The summed E-state index contributed by atoms with van der Waals surface area (Å²) in [4.78, 5) is 30.8. The largest absolute Gasteiger partial charge is 0.573 e. The number of H-pyrrole nitrogens is 1. The van der Waals surface area contributed by atoms with Gasteiger partial charge < -0.3 is 30.4 Å². The molecule has 5 N–H and O–H groups in total. The van der Waals surface area contributed by atoms with Crippen molar-refractivity contribution in [2.24, 2.45) is 0 Å². The Bertz CT molecular complexity index is 2000. The maximum atomic E-state index is 13.8. The maximum Gasteiger partial charge on any atom is 0.573 e. The molecule has 3 aromatic heterocycles. The predicted molar refractivity (Wildman–Crippen MR) is 149 cm³/mol. The van der Waals surface area contributed by atoms with Crippen LogP contribution in [0.2, 0.25) is 0 Å². The number of anilines is 2. The average molecular weight is 630 g/mol. The van der Waals surface area contributed by atoms with Crippen LogP contribution in [0.3, 0.4) is 0 Å². The molecule has 226 valence electrons. The number of halogens is 3. The average Bonchev–Trinajstić information content (AvgIpc) is 3.53. The van der Waals surface area contributed by atoms with Gasteiger partial charge in [-0.2, -0.15) is 5.26 Å². The van der Waals surface area contributed by atoms with Crippen molar-refractivity contribution in [2.75, 3.05) is 32.8 Å². The summed E-state index contributed by atoms with van der Waals surface area (Å²) in [5, 5.41) is 12.5. The molecule has 0 saturated carbocycles. The van der Waals surface area contributed by atoms with Crippen LogP contribution in [-0.2, 0) is 0 Å². The third-order valence-corrected chi connectivity index (χ3v) is 7.46. The van der Waals surface area contributed by atoms with Gasteiger partial charge in [0.1, 0.15) is 32.9 Å². The van der Waals surface area contributed by atoms with E-state index in [0.717, 1.165) is 28.2 Å². The summed E-state index contributed by atoms with van der Waals surface area (Å²) in [5.41, 5.74) is 11.5. The summed E-state index contributed by atoms with van der Waals surface area (Å²) >= 11 is 0.806. The number of nitriles is 1. The van der Waals surface area contributed by atoms with E-state index in [-0.39, 0.29) is 60.7 Å². The lowest BCUT2D eigenvalue weighted by Crippen LogP contribution is -2.41. The van der Waals surface area contributed by atoms with Gasteiger partial charge in [0.25, 0.3) is 5.78 Å². The quantitative estimate of drug-likeness (QED) is 0.167. The molecule has 44 heavy (non-hydrogen) atoms. The van der Waals surface area contributed by atoms with E-state index in [1.165, 1.54) is 33.5 Å². The Labute approximate surface area is 248 Å². The van der Waals surface area contributed by atoms with E-state index < -0.39 is 29.2 Å². The maximum absolute atomic E-state index is 13.8. The van der Waals surface area contributed by atoms with Crippen LogP contribution in [-0.4, -0.2) is 43.7 Å². The molecule has 5 rings (SSSR count). The Morgan fingerprint density at radius 3 is 2.27 bits per heavy atom. The zero-order chi connectivity index (χ0) is 31.9. The molecule has 2 aromatic carbocycles. The third kappa shape index (κ3) is 5.07. The highest BCUT2D eigenvalue weighted by molar-refractivity contribution is 7.21. The Morgan fingerprint density at radius 2 is 1.73 bits per heavy atom. The number of aromatic amines is 1. The number of pyridine rings is 1. The molecule has 5 aromatic rings. The predicted octanol–water partition coefficient (Wildman–Crippen LogP) is 3.71. The van der Waals surface area contributed by atoms with Crippen molar-refractivity contribution >= 4 is 38.8 Å². The van der Waals surface area contributed by atoms with Crippen LogP contribution in [0, 0.1) is 11.3 Å². The van der Waals surface area contributed by atoms with E-state index in [0.29, 0.717) is 5.56 Å². The van der Waals surface area contributed by atoms with Crippen molar-refractivity contribution in [2.45, 2.75) is 6.36 Å². The fourth-order valence-electron chi connectivity index (χ4n) is 4.52. The van der Waals surface area contributed by atoms with Crippen molar-refractivity contribution < 1.29 is 46.1 Å². The van der Waals surface area contributed by atoms with Gasteiger partial charge in [-0.05, 0) is 39.8 Å². The van der Waals surface area contributed by atoms with Crippen LogP contribution < -0.4 is 40.7 Å². The molecule has 0 saturated heterocycles. The lowest BCUT2D eigenvalue weighted by atomic mass is 9.96. The van der Waals surface area contributed by atoms with Crippen molar-refractivity contribution in [3.8, 4) is 45.9 Å². The molecule has 0 fully saturated rings. The number of benzene rings is 2. The Hall–Kier alpha value is -5.76. The van der Waals surface area contributed by atoms with Crippen molar-refractivity contribution in [3.05, 3.63) is 63.0 Å². The number of hydrogen-bond acceptors (Lipinski definition) is 12. The number of ketones is 1. The number of nitrogens with two attached hydrogens (primary N) is 2. The minimum Gasteiger partial charge on any atom is -0.493 e. The number of ether oxygens (including phenoxy) is 4. The number of methoxy groups -OCH3 is 3. The fourth-order valence-corrected chi connectivity index (χ4v) is 5.57. The Balaban J connectivity index is 1.69. The minimum atomic E-state index is -4.91. The molecule has 0 atom stereocenters. The summed E-state index contributed by atoms with van der Waals surface area (Å²) in [6.45, 7) is 0. The molecule has 0 bridgehead atoms. The standard InChI is InChI=1S/C27H19F3N6O7S/c1-39-15-8-11(9-16(40-2)22(15)41-3)17-14(10-31)24(33)34-25-18(17)19(32)23(44-25)21(37)20-26(38)43-35-36(20)12-4-6-13(7-5-12)42-27(28,29)30/h4-9H,1-3H3,(H4-,32,33,34,35,37,38)/p+1. The van der Waals surface area contributed by atoms with Gasteiger partial charge in [-0.1, -0.05) is 0 Å². The van der Waals surface area contributed by atoms with Gasteiger partial charge in [0, 0.05) is 23.1 Å². The van der Waals surface area contributed by atoms with Crippen LogP contribution >= 0.6 is 11.3 Å². The second kappa shape index (κ2) is 11.1. The number of fused-ring (bicyclic) bond motifs is 1. The van der Waals surface area contributed by atoms with Crippen LogP contribution in [0.5, 0.6) is 23.0 Å². The lowest BCUT2D eigenvalue weighted by molar-refractivity contribution is -0.672. The molecule has 0 radical (unpaired) electrons. The smallest absolute Gasteiger partial charge is 0.493 e. The topological polar surface area (TPSA) is 193 Å². The van der Waals surface area contributed by atoms with Gasteiger partial charge in [0.15, 0.2) is 11.5 Å². The van der Waals surface area contributed by atoms with Crippen LogP contribution in [0.15, 0.2) is 45.7 Å². The highest BCUT2D eigenvalue weighted by Gasteiger charge is 2.36. The highest BCUT2D eigenvalue weighted by Crippen LogP contribution is 2.47. The molecule has 13 nitrogen and oxygen atoms in total. The third-order valence-electron chi connectivity index (χ3n) is 6.37. The molecule has 0 aliphatic heterocycles. The van der Waals surface area contributed by atoms with Crippen molar-refractivity contribution in [1.82, 2.24) is 10.3 Å². The van der Waals surface area contributed by atoms with E-state index in [1.807, 2.05) is 6.07 Å². The van der Waals surface area contributed by atoms with Crippen LogP contribution in [0.4, 0.5) is 24.7 Å². The SMILES string of the molecule is COc1cc(-c2c(C#N)c(N)nc3sc(C(=O)c4c(=O)o[nH][n+]4-c4ccc(OC(F)(F)F)cc4)c(N)c23)cc(OC)c1OC. The second-order valence-electron chi connectivity index (χ2n) is 8.83. The van der Waals surface area contributed by atoms with Gasteiger partial charge in [0.2, 0.25) is 11.4 Å². The molecule has 0 amide bonds. The molecule has 3 heterocycles. The second-order valence-corrected chi connectivity index (χ2v) is 9.83. The zero-order valence-corrected chi connectivity index (χ0v) is 23.7. The van der Waals surface area contributed by atoms with E-state index in [9.17, 15) is 28.0 Å². The molecular weight excluding hydrogens is 609 g/mol. The summed E-state index contributed by atoms with van der Waals surface area (Å²) in [5.74, 6) is -0.767. The van der Waals surface area contributed by atoms with Gasteiger partial charge in [0.05, 0.1) is 27.0 Å². The van der Waals surface area contributed by atoms with Crippen LogP contribution in [0.25, 0.3) is 27.0 Å². The van der Waals surface area contributed by atoms with Gasteiger partial charge >= 0.3 is 17.7 Å². The van der Waals surface area contributed by atoms with Gasteiger partial charge in [-0.3, -0.25) is 9.32 Å². The Morgan fingerprint density at radius 1 is 1.09 bits per heavy atom. The molecule has 0 aliphatic rings. The monoisotopic (exact) mass is 629 g/mol. The number of alkyl halides is 3. The first-order chi connectivity index (χ1) is 20.9. The molecule has 0 aliphatic carbocycles. The number of hydrogen-bond donors (Lipinski definition) is 3. The van der Waals surface area contributed by atoms with Gasteiger partial charge in [-0.15, -0.1) is 24.5 Å². The fraction of sp³-hybridized carbons (Fsp3) is 0.148. The van der Waals surface area contributed by atoms with Crippen molar-refractivity contribution in [1.29, 1.82) is 5.26 Å². The first-order valence-corrected chi connectivity index (χ1v) is 13.0. The molecule has 0 unspecified atom stereocenters. The van der Waals surface area contributed by atoms with Gasteiger partial charge in [-0.25, -0.2) is 9.78 Å². The number of rotatable bonds is 8. The van der Waals surface area contributed by atoms with Crippen molar-refractivity contribution in [3.63, 3.8) is 0 Å². The van der Waals surface area contributed by atoms with E-state index >= 15 is 0 Å². The highest BCUT2D eigenvalue weighted by atomic mass is 32.1. The zero-order valence-electron chi connectivity index (χ0n) is 22.9. The summed E-state index contributed by atoms with van der Waals surface area (Å²) < 4.78 is 63.6. The summed E-state index contributed by atoms with van der Waals surface area (Å²) in [6, 6.07) is 9.46. The number of carbonyl (C=O) groups excluding carboxylic acids is 1. The van der Waals surface area contributed by atoms with E-state index in [4.69, 9.17) is 30.2 Å². The number of nitrogens with zero attached hydrogens (tertiary/aromatic N) is 3.